The van der Waals surface area contributed by atoms with Crippen molar-refractivity contribution >= 4 is 29.1 Å². The summed E-state index contributed by atoms with van der Waals surface area (Å²) >= 11 is 6.03. The van der Waals surface area contributed by atoms with Crippen LogP contribution in [0.5, 0.6) is 0 Å². The first kappa shape index (κ1) is 21.1. The van der Waals surface area contributed by atoms with Crippen molar-refractivity contribution in [2.75, 3.05) is 27.2 Å². The van der Waals surface area contributed by atoms with Crippen LogP contribution in [-0.2, 0) is 16.6 Å². The molecule has 29 heavy (non-hydrogen) atoms. The van der Waals surface area contributed by atoms with Gasteiger partial charge in [-0.15, -0.1) is 0 Å². The van der Waals surface area contributed by atoms with Crippen molar-refractivity contribution in [3.8, 4) is 0 Å². The number of hydrogen-bond acceptors (Lipinski definition) is 5. The van der Waals surface area contributed by atoms with Crippen molar-refractivity contribution in [3.63, 3.8) is 0 Å². The fourth-order valence-corrected chi connectivity index (χ4v) is 3.79. The average molecular weight is 417 g/mol. The van der Waals surface area contributed by atoms with Crippen molar-refractivity contribution in [3.05, 3.63) is 57.4 Å². The van der Waals surface area contributed by atoms with Gasteiger partial charge in [0.2, 0.25) is 0 Å². The molecule has 1 aliphatic heterocycles. The summed E-state index contributed by atoms with van der Waals surface area (Å²) in [6.07, 6.45) is 0. The van der Waals surface area contributed by atoms with Gasteiger partial charge in [0.1, 0.15) is 5.76 Å². The third-order valence-corrected chi connectivity index (χ3v) is 5.51. The van der Waals surface area contributed by atoms with Crippen molar-refractivity contribution < 1.29 is 14.7 Å². The second kappa shape index (κ2) is 8.00. The van der Waals surface area contributed by atoms with Crippen LogP contribution < -0.4 is 0 Å². The summed E-state index contributed by atoms with van der Waals surface area (Å²) < 4.78 is 1.64. The fourth-order valence-electron chi connectivity index (χ4n) is 3.66. The number of benzene rings is 1. The number of rotatable bonds is 5. The minimum atomic E-state index is -0.691. The van der Waals surface area contributed by atoms with E-state index in [0.717, 1.165) is 0 Å². The zero-order chi connectivity index (χ0) is 21.5. The number of ketones is 1. The first-order chi connectivity index (χ1) is 13.6. The molecule has 0 radical (unpaired) electrons. The van der Waals surface area contributed by atoms with Crippen molar-refractivity contribution in [1.29, 1.82) is 0 Å². The monoisotopic (exact) mass is 416 g/mol. The van der Waals surface area contributed by atoms with Crippen molar-refractivity contribution in [2.45, 2.75) is 19.9 Å². The normalized spacial score (nSPS) is 18.9. The molecule has 1 aromatic heterocycles. The van der Waals surface area contributed by atoms with Gasteiger partial charge in [-0.1, -0.05) is 23.7 Å². The van der Waals surface area contributed by atoms with Gasteiger partial charge >= 0.3 is 0 Å². The van der Waals surface area contributed by atoms with E-state index in [-0.39, 0.29) is 11.3 Å². The molecule has 1 unspecified atom stereocenters. The minimum absolute atomic E-state index is 0.0790. The Labute approximate surface area is 175 Å². The first-order valence-electron chi connectivity index (χ1n) is 9.32. The van der Waals surface area contributed by atoms with Crippen molar-refractivity contribution in [2.24, 2.45) is 7.05 Å². The highest BCUT2D eigenvalue weighted by Gasteiger charge is 2.46. The Morgan fingerprint density at radius 3 is 2.34 bits per heavy atom. The zero-order valence-corrected chi connectivity index (χ0v) is 18.0. The Bertz CT molecular complexity index is 992. The van der Waals surface area contributed by atoms with Crippen LogP contribution in [0.25, 0.3) is 5.76 Å². The number of hydrogen-bond donors (Lipinski definition) is 1. The van der Waals surface area contributed by atoms with E-state index in [1.807, 2.05) is 25.9 Å². The number of carbonyl (C=O) groups is 2. The molecule has 1 aromatic carbocycles. The number of likely N-dealkylation sites (tertiary alicyclic amines) is 1. The molecule has 8 heteroatoms. The number of aryl methyl sites for hydroxylation is 2. The van der Waals surface area contributed by atoms with Gasteiger partial charge in [-0.3, -0.25) is 14.3 Å². The molecule has 0 aliphatic carbocycles. The van der Waals surface area contributed by atoms with Crippen LogP contribution in [0, 0.1) is 13.8 Å². The van der Waals surface area contributed by atoms with E-state index in [1.54, 1.807) is 42.9 Å². The summed E-state index contributed by atoms with van der Waals surface area (Å²) in [5.74, 6) is -1.50. The summed E-state index contributed by atoms with van der Waals surface area (Å²) in [5.41, 5.74) is 2.59. The van der Waals surface area contributed by atoms with E-state index in [0.29, 0.717) is 40.6 Å². The molecule has 1 atom stereocenters. The topological polar surface area (TPSA) is 78.7 Å². The van der Waals surface area contributed by atoms with Gasteiger partial charge in [-0.05, 0) is 45.6 Å². The number of aromatic nitrogens is 2. The number of Topliss-reactive ketones (excluding diaryl/α,β-unsaturated/α-hetero) is 1. The number of nitrogens with zero attached hydrogens (tertiary/aromatic N) is 4. The molecular formula is C21H25ClN4O3. The molecule has 3 rings (SSSR count). The second-order valence-electron chi connectivity index (χ2n) is 7.52. The summed E-state index contributed by atoms with van der Waals surface area (Å²) in [4.78, 5) is 29.3. The molecule has 2 heterocycles. The van der Waals surface area contributed by atoms with Crippen LogP contribution in [0.3, 0.4) is 0 Å². The number of amides is 1. The van der Waals surface area contributed by atoms with Gasteiger partial charge in [-0.25, -0.2) is 0 Å². The highest BCUT2D eigenvalue weighted by molar-refractivity contribution is 6.46. The van der Waals surface area contributed by atoms with Crippen LogP contribution in [0.4, 0.5) is 0 Å². The molecule has 1 saturated heterocycles. The van der Waals surface area contributed by atoms with E-state index in [1.165, 1.54) is 4.90 Å². The number of halogens is 1. The van der Waals surface area contributed by atoms with Gasteiger partial charge in [0.25, 0.3) is 11.7 Å². The Hall–Kier alpha value is -2.64. The number of likely N-dealkylation sites (N-methyl/N-ethyl adjacent to an activating group) is 1. The predicted molar refractivity (Wildman–Crippen MR) is 112 cm³/mol. The smallest absolute Gasteiger partial charge is 0.295 e. The van der Waals surface area contributed by atoms with Crippen molar-refractivity contribution in [1.82, 2.24) is 19.6 Å². The SMILES string of the molecule is Cc1nn(C)c(C)c1/C(O)=C1\C(=O)C(=O)N(CCN(C)C)C1c1ccc(Cl)cc1. The summed E-state index contributed by atoms with van der Waals surface area (Å²) in [7, 11) is 5.57. The largest absolute Gasteiger partial charge is 0.507 e. The van der Waals surface area contributed by atoms with Gasteiger partial charge < -0.3 is 14.9 Å². The highest BCUT2D eigenvalue weighted by Crippen LogP contribution is 2.40. The Balaban J connectivity index is 2.20. The molecule has 0 bridgehead atoms. The second-order valence-corrected chi connectivity index (χ2v) is 7.95. The zero-order valence-electron chi connectivity index (χ0n) is 17.2. The minimum Gasteiger partial charge on any atom is -0.507 e. The number of carbonyl (C=O) groups excluding carboxylic acids is 2. The molecule has 1 aliphatic rings. The lowest BCUT2D eigenvalue weighted by Crippen LogP contribution is -2.35. The maximum absolute atomic E-state index is 13.0. The van der Waals surface area contributed by atoms with E-state index in [4.69, 9.17) is 11.6 Å². The number of aliphatic hydroxyl groups is 1. The third-order valence-electron chi connectivity index (χ3n) is 5.26. The molecule has 0 saturated carbocycles. The highest BCUT2D eigenvalue weighted by atomic mass is 35.5. The fraction of sp³-hybridized carbons (Fsp3) is 0.381. The summed E-state index contributed by atoms with van der Waals surface area (Å²) in [6, 6.07) is 6.29. The molecule has 1 N–H and O–H groups in total. The Kier molecular flexibility index (Phi) is 5.82. The van der Waals surface area contributed by atoms with Crippen LogP contribution in [0.2, 0.25) is 5.02 Å². The van der Waals surface area contributed by atoms with Gasteiger partial charge in [0.15, 0.2) is 0 Å². The van der Waals surface area contributed by atoms with E-state index in [2.05, 4.69) is 5.10 Å². The van der Waals surface area contributed by atoms with Crippen LogP contribution in [-0.4, -0.2) is 63.6 Å². The third kappa shape index (κ3) is 3.80. The first-order valence-corrected chi connectivity index (χ1v) is 9.70. The maximum Gasteiger partial charge on any atom is 0.295 e. The average Bonchev–Trinajstić information content (AvgIpc) is 3.06. The Morgan fingerprint density at radius 2 is 1.83 bits per heavy atom. The molecule has 1 fully saturated rings. The number of aliphatic hydroxyl groups excluding tert-OH is 1. The van der Waals surface area contributed by atoms with Crippen LogP contribution in [0.1, 0.15) is 28.6 Å². The van der Waals surface area contributed by atoms with E-state index >= 15 is 0 Å². The quantitative estimate of drug-likeness (QED) is 0.460. The van der Waals surface area contributed by atoms with Gasteiger partial charge in [-0.2, -0.15) is 5.10 Å². The van der Waals surface area contributed by atoms with E-state index < -0.39 is 17.7 Å². The van der Waals surface area contributed by atoms with E-state index in [9.17, 15) is 14.7 Å². The maximum atomic E-state index is 13.0. The van der Waals surface area contributed by atoms with Crippen LogP contribution in [0.15, 0.2) is 29.8 Å². The lowest BCUT2D eigenvalue weighted by molar-refractivity contribution is -0.140. The predicted octanol–water partition coefficient (Wildman–Crippen LogP) is 2.67. The van der Waals surface area contributed by atoms with Gasteiger partial charge in [0, 0.05) is 30.9 Å². The molecular weight excluding hydrogens is 392 g/mol. The standard InChI is InChI=1S/C21H25ClN4O3/c1-12-16(13(2)25(5)23-12)19(27)17-18(14-6-8-15(22)9-7-14)26(11-10-24(3)4)21(29)20(17)28/h6-9,18,27H,10-11H2,1-5H3/b19-17+. The lowest BCUT2D eigenvalue weighted by Gasteiger charge is -2.26. The molecule has 0 spiro atoms. The summed E-state index contributed by atoms with van der Waals surface area (Å²) in [6.45, 7) is 4.52. The van der Waals surface area contributed by atoms with Gasteiger partial charge in [0.05, 0.1) is 22.9 Å². The Morgan fingerprint density at radius 1 is 1.21 bits per heavy atom. The van der Waals surface area contributed by atoms with Crippen LogP contribution >= 0.6 is 11.6 Å². The summed E-state index contributed by atoms with van der Waals surface area (Å²) in [5, 5.41) is 16.0. The molecule has 1 amide bonds. The molecule has 2 aromatic rings. The molecule has 7 nitrogen and oxygen atoms in total. The lowest BCUT2D eigenvalue weighted by atomic mass is 9.94. The molecule has 154 valence electrons.